The van der Waals surface area contributed by atoms with Crippen LogP contribution in [-0.4, -0.2) is 0 Å². The molecule has 1 aromatic rings. The molecule has 0 saturated heterocycles. The first-order chi connectivity index (χ1) is 4.34. The summed E-state index contributed by atoms with van der Waals surface area (Å²) < 4.78 is 0. The summed E-state index contributed by atoms with van der Waals surface area (Å²) in [5, 5.41) is 0. The van der Waals surface area contributed by atoms with Gasteiger partial charge in [0.2, 0.25) is 0 Å². The van der Waals surface area contributed by atoms with Gasteiger partial charge in [-0.1, -0.05) is 6.92 Å². The average molecular weight is 167 g/mol. The third-order valence-electron chi connectivity index (χ3n) is 1.27. The fraction of sp³-hybridized carbons (Fsp3) is 0.111. The van der Waals surface area contributed by atoms with Crippen LogP contribution in [0.3, 0.4) is 0 Å². The molecule has 1 heteroatoms. The zero-order valence-electron chi connectivity index (χ0n) is 5.83. The molecule has 0 fully saturated rings. The van der Waals surface area contributed by atoms with Crippen LogP contribution in [-0.2, 0) is 18.6 Å². The largest absolute Gasteiger partial charge is 2.00 e. The van der Waals surface area contributed by atoms with Crippen molar-refractivity contribution in [3.8, 4) is 0 Å². The monoisotopic (exact) mass is 167 g/mol. The molecule has 1 aromatic carbocycles. The smallest absolute Gasteiger partial charge is 0.344 e. The third kappa shape index (κ3) is 2.05. The van der Waals surface area contributed by atoms with E-state index in [1.165, 1.54) is 5.56 Å². The van der Waals surface area contributed by atoms with Gasteiger partial charge in [0.05, 0.1) is 0 Å². The van der Waals surface area contributed by atoms with Gasteiger partial charge >= 0.3 is 18.6 Å². The van der Waals surface area contributed by atoms with E-state index in [0.717, 1.165) is 5.56 Å². The number of hydrogen-bond donors (Lipinski definition) is 0. The summed E-state index contributed by atoms with van der Waals surface area (Å²) in [7, 11) is 0. The van der Waals surface area contributed by atoms with Gasteiger partial charge in [-0.2, -0.15) is 12.1 Å². The maximum Gasteiger partial charge on any atom is 2.00 e. The SMILES string of the molecule is [CH-]=Cc1[c-]cccc1C.[V+2]. The minimum atomic E-state index is 0. The van der Waals surface area contributed by atoms with Crippen molar-refractivity contribution in [3.63, 3.8) is 0 Å². The van der Waals surface area contributed by atoms with Crippen molar-refractivity contribution < 1.29 is 18.6 Å². The van der Waals surface area contributed by atoms with Crippen LogP contribution in [0.15, 0.2) is 18.2 Å². The van der Waals surface area contributed by atoms with Crippen LogP contribution in [0.2, 0.25) is 0 Å². The minimum Gasteiger partial charge on any atom is -0.344 e. The molecule has 0 N–H and O–H groups in total. The molecule has 0 atom stereocenters. The van der Waals surface area contributed by atoms with E-state index in [2.05, 4.69) is 6.07 Å². The Kier molecular flexibility index (Phi) is 4.17. The first kappa shape index (κ1) is 9.54. The molecule has 10 heavy (non-hydrogen) atoms. The van der Waals surface area contributed by atoms with Gasteiger partial charge < -0.3 is 18.2 Å². The molecule has 0 heterocycles. The first-order valence-corrected chi connectivity index (χ1v) is 2.87. The molecule has 0 nitrogen and oxygen atoms in total. The molecular formula is C9H8V. The Balaban J connectivity index is 0.000000810. The molecule has 0 saturated carbocycles. The first-order valence-electron chi connectivity index (χ1n) is 2.87. The van der Waals surface area contributed by atoms with Gasteiger partial charge in [-0.3, -0.25) is 0 Å². The average Bonchev–Trinajstić information content (AvgIpc) is 1.89. The predicted molar refractivity (Wildman–Crippen MR) is 38.8 cm³/mol. The summed E-state index contributed by atoms with van der Waals surface area (Å²) in [6.07, 6.45) is 1.56. The number of hydrogen-bond acceptors (Lipinski definition) is 0. The van der Waals surface area contributed by atoms with E-state index in [0.29, 0.717) is 0 Å². The van der Waals surface area contributed by atoms with Crippen LogP contribution >= 0.6 is 0 Å². The summed E-state index contributed by atoms with van der Waals surface area (Å²) in [6, 6.07) is 8.81. The molecule has 0 aliphatic carbocycles. The third-order valence-corrected chi connectivity index (χ3v) is 1.27. The predicted octanol–water partition coefficient (Wildman–Crippen LogP) is 2.24. The maximum absolute atomic E-state index is 5.29. The maximum atomic E-state index is 5.29. The van der Waals surface area contributed by atoms with Gasteiger partial charge in [-0.25, -0.2) is 11.6 Å². The summed E-state index contributed by atoms with van der Waals surface area (Å²) in [5.74, 6) is 0. The summed E-state index contributed by atoms with van der Waals surface area (Å²) >= 11 is 0. The topological polar surface area (TPSA) is 0 Å². The van der Waals surface area contributed by atoms with Crippen molar-refractivity contribution in [2.45, 2.75) is 6.92 Å². The van der Waals surface area contributed by atoms with E-state index >= 15 is 0 Å². The standard InChI is InChI=1S/C9H8.V/c1-3-9-7-5-4-6-8(9)2;/h1,3-6H,2H3;/q-2;+2. The van der Waals surface area contributed by atoms with Gasteiger partial charge in [0, 0.05) is 0 Å². The molecule has 0 aromatic heterocycles. The Labute approximate surface area is 73.8 Å². The number of rotatable bonds is 1. The normalized spacial score (nSPS) is 8.10. The van der Waals surface area contributed by atoms with Crippen molar-refractivity contribution in [1.29, 1.82) is 0 Å². The zero-order chi connectivity index (χ0) is 6.69. The zero-order valence-corrected chi connectivity index (χ0v) is 7.23. The van der Waals surface area contributed by atoms with E-state index < -0.39 is 0 Å². The van der Waals surface area contributed by atoms with Crippen LogP contribution in [0.4, 0.5) is 0 Å². The fourth-order valence-electron chi connectivity index (χ4n) is 0.714. The molecular weight excluding hydrogens is 159 g/mol. The van der Waals surface area contributed by atoms with Gasteiger partial charge in [0.15, 0.2) is 0 Å². The van der Waals surface area contributed by atoms with Crippen molar-refractivity contribution >= 4 is 6.08 Å². The van der Waals surface area contributed by atoms with Gasteiger partial charge in [0.25, 0.3) is 0 Å². The molecule has 0 amide bonds. The number of aryl methyl sites for hydroxylation is 1. The Morgan fingerprint density at radius 3 is 2.70 bits per heavy atom. The Hall–Kier alpha value is -0.456. The van der Waals surface area contributed by atoms with Crippen molar-refractivity contribution in [1.82, 2.24) is 0 Å². The summed E-state index contributed by atoms with van der Waals surface area (Å²) in [4.78, 5) is 0. The minimum absolute atomic E-state index is 0. The second-order valence-electron chi connectivity index (χ2n) is 1.93. The Morgan fingerprint density at radius 2 is 2.30 bits per heavy atom. The summed E-state index contributed by atoms with van der Waals surface area (Å²) in [5.41, 5.74) is 2.15. The van der Waals surface area contributed by atoms with Crippen molar-refractivity contribution in [2.24, 2.45) is 0 Å². The quantitative estimate of drug-likeness (QED) is 0.562. The summed E-state index contributed by atoms with van der Waals surface area (Å²) in [6.45, 7) is 7.30. The molecule has 0 aliphatic heterocycles. The molecule has 49 valence electrons. The molecule has 1 rings (SSSR count). The van der Waals surface area contributed by atoms with Crippen LogP contribution in [0, 0.1) is 19.6 Å². The van der Waals surface area contributed by atoms with Crippen LogP contribution in [0.1, 0.15) is 11.1 Å². The van der Waals surface area contributed by atoms with Gasteiger partial charge in [-0.15, -0.1) is 6.07 Å². The fourth-order valence-corrected chi connectivity index (χ4v) is 0.714. The van der Waals surface area contributed by atoms with Gasteiger partial charge in [-0.05, 0) is 0 Å². The molecule has 0 aliphatic rings. The van der Waals surface area contributed by atoms with Gasteiger partial charge in [0.1, 0.15) is 0 Å². The molecule has 0 unspecified atom stereocenters. The van der Waals surface area contributed by atoms with E-state index in [1.807, 2.05) is 25.1 Å². The Bertz CT molecular complexity index is 216. The second-order valence-corrected chi connectivity index (χ2v) is 1.93. The van der Waals surface area contributed by atoms with E-state index in [1.54, 1.807) is 6.08 Å². The van der Waals surface area contributed by atoms with Crippen molar-refractivity contribution in [2.75, 3.05) is 0 Å². The molecule has 0 bridgehead atoms. The molecule has 1 radical (unpaired) electrons. The van der Waals surface area contributed by atoms with Crippen molar-refractivity contribution in [3.05, 3.63) is 42.0 Å². The van der Waals surface area contributed by atoms with E-state index in [4.69, 9.17) is 6.58 Å². The van der Waals surface area contributed by atoms with E-state index in [-0.39, 0.29) is 18.6 Å². The molecule has 0 spiro atoms. The Morgan fingerprint density at radius 1 is 1.60 bits per heavy atom. The van der Waals surface area contributed by atoms with Crippen LogP contribution in [0.5, 0.6) is 0 Å². The van der Waals surface area contributed by atoms with Crippen LogP contribution in [0.25, 0.3) is 6.08 Å². The van der Waals surface area contributed by atoms with E-state index in [9.17, 15) is 0 Å². The van der Waals surface area contributed by atoms with Crippen LogP contribution < -0.4 is 0 Å². The second kappa shape index (κ2) is 4.37. The number of benzene rings is 1.